The van der Waals surface area contributed by atoms with Gasteiger partial charge >= 0.3 is 0 Å². The SMILES string of the molecule is COc1cccc(NC2(CO)CCCC(C3CC3)C2)c1. The molecule has 0 aromatic heterocycles. The Labute approximate surface area is 121 Å². The number of aliphatic hydroxyl groups is 1. The van der Waals surface area contributed by atoms with Crippen LogP contribution >= 0.6 is 0 Å². The van der Waals surface area contributed by atoms with Crippen molar-refractivity contribution in [3.05, 3.63) is 24.3 Å². The minimum absolute atomic E-state index is 0.141. The normalized spacial score (nSPS) is 30.0. The first kappa shape index (κ1) is 13.7. The van der Waals surface area contributed by atoms with Crippen LogP contribution in [0, 0.1) is 11.8 Å². The molecule has 2 saturated carbocycles. The van der Waals surface area contributed by atoms with Gasteiger partial charge in [-0.25, -0.2) is 0 Å². The summed E-state index contributed by atoms with van der Waals surface area (Å²) in [6.07, 6.45) is 7.51. The van der Waals surface area contributed by atoms with Gasteiger partial charge in [0.2, 0.25) is 0 Å². The fourth-order valence-corrected chi connectivity index (χ4v) is 3.68. The molecule has 3 rings (SSSR count). The van der Waals surface area contributed by atoms with Gasteiger partial charge in [-0.1, -0.05) is 18.9 Å². The van der Waals surface area contributed by atoms with Gasteiger partial charge in [-0.15, -0.1) is 0 Å². The Balaban J connectivity index is 1.74. The number of hydrogen-bond acceptors (Lipinski definition) is 3. The Bertz CT molecular complexity index is 458. The summed E-state index contributed by atoms with van der Waals surface area (Å²) in [5, 5.41) is 13.6. The lowest BCUT2D eigenvalue weighted by molar-refractivity contribution is 0.136. The van der Waals surface area contributed by atoms with E-state index in [4.69, 9.17) is 4.74 Å². The molecule has 2 N–H and O–H groups in total. The molecule has 1 aromatic carbocycles. The van der Waals surface area contributed by atoms with Crippen LogP contribution in [-0.2, 0) is 0 Å². The third-order valence-electron chi connectivity index (χ3n) is 4.95. The highest BCUT2D eigenvalue weighted by atomic mass is 16.5. The first-order chi connectivity index (χ1) is 9.74. The monoisotopic (exact) mass is 275 g/mol. The van der Waals surface area contributed by atoms with Crippen molar-refractivity contribution in [2.75, 3.05) is 19.0 Å². The number of benzene rings is 1. The molecule has 0 aliphatic heterocycles. The van der Waals surface area contributed by atoms with E-state index in [9.17, 15) is 5.11 Å². The van der Waals surface area contributed by atoms with E-state index < -0.39 is 0 Å². The third-order valence-corrected chi connectivity index (χ3v) is 4.95. The summed E-state index contributed by atoms with van der Waals surface area (Å²) in [6, 6.07) is 8.01. The molecule has 2 aliphatic carbocycles. The van der Waals surface area contributed by atoms with Gasteiger partial charge in [0, 0.05) is 11.8 Å². The zero-order valence-corrected chi connectivity index (χ0v) is 12.3. The van der Waals surface area contributed by atoms with E-state index in [0.29, 0.717) is 0 Å². The zero-order chi connectivity index (χ0) is 14.0. The van der Waals surface area contributed by atoms with E-state index in [2.05, 4.69) is 11.4 Å². The predicted molar refractivity (Wildman–Crippen MR) is 81.1 cm³/mol. The average Bonchev–Trinajstić information content (AvgIpc) is 3.32. The smallest absolute Gasteiger partial charge is 0.120 e. The number of hydrogen-bond donors (Lipinski definition) is 2. The van der Waals surface area contributed by atoms with Crippen LogP contribution in [0.5, 0.6) is 5.75 Å². The second kappa shape index (κ2) is 5.65. The van der Waals surface area contributed by atoms with Crippen molar-refractivity contribution in [1.82, 2.24) is 0 Å². The van der Waals surface area contributed by atoms with Crippen LogP contribution in [0.25, 0.3) is 0 Å². The molecule has 2 atom stereocenters. The van der Waals surface area contributed by atoms with E-state index in [1.807, 2.05) is 18.2 Å². The summed E-state index contributed by atoms with van der Waals surface area (Å²) in [5.41, 5.74) is 0.910. The van der Waals surface area contributed by atoms with Crippen LogP contribution in [0.15, 0.2) is 24.3 Å². The Kier molecular flexibility index (Phi) is 3.88. The Morgan fingerprint density at radius 3 is 2.85 bits per heavy atom. The number of nitrogens with one attached hydrogen (secondary N) is 1. The maximum atomic E-state index is 9.96. The van der Waals surface area contributed by atoms with E-state index in [0.717, 1.165) is 36.1 Å². The highest BCUT2D eigenvalue weighted by Gasteiger charge is 2.41. The number of anilines is 1. The molecule has 1 aromatic rings. The van der Waals surface area contributed by atoms with E-state index in [-0.39, 0.29) is 12.1 Å². The molecular formula is C17H25NO2. The van der Waals surface area contributed by atoms with E-state index in [1.165, 1.54) is 25.7 Å². The van der Waals surface area contributed by atoms with Crippen molar-refractivity contribution in [2.45, 2.75) is 44.1 Å². The summed E-state index contributed by atoms with van der Waals surface area (Å²) in [5.74, 6) is 2.58. The van der Waals surface area contributed by atoms with Crippen molar-refractivity contribution in [3.8, 4) is 5.75 Å². The van der Waals surface area contributed by atoms with Crippen LogP contribution in [0.1, 0.15) is 38.5 Å². The van der Waals surface area contributed by atoms with Crippen LogP contribution in [-0.4, -0.2) is 24.4 Å². The standard InChI is InChI=1S/C17H25NO2/c1-20-16-6-2-5-15(10-16)18-17(12-19)9-3-4-14(11-17)13-7-8-13/h2,5-6,10,13-14,18-19H,3-4,7-9,11-12H2,1H3. The summed E-state index contributed by atoms with van der Waals surface area (Å²) in [6.45, 7) is 0.216. The van der Waals surface area contributed by atoms with Gasteiger partial charge in [0.15, 0.2) is 0 Å². The molecule has 0 radical (unpaired) electrons. The molecule has 0 bridgehead atoms. The molecular weight excluding hydrogens is 250 g/mol. The van der Waals surface area contributed by atoms with Gasteiger partial charge in [0.1, 0.15) is 5.75 Å². The zero-order valence-electron chi connectivity index (χ0n) is 12.3. The van der Waals surface area contributed by atoms with Gasteiger partial charge in [-0.2, -0.15) is 0 Å². The second-order valence-corrected chi connectivity index (χ2v) is 6.49. The molecule has 2 unspecified atom stereocenters. The van der Waals surface area contributed by atoms with Crippen molar-refractivity contribution < 1.29 is 9.84 Å². The van der Waals surface area contributed by atoms with E-state index in [1.54, 1.807) is 7.11 Å². The Hall–Kier alpha value is -1.22. The molecule has 20 heavy (non-hydrogen) atoms. The number of rotatable bonds is 5. The maximum absolute atomic E-state index is 9.96. The van der Waals surface area contributed by atoms with Gasteiger partial charge < -0.3 is 15.2 Å². The van der Waals surface area contributed by atoms with Gasteiger partial charge in [0.05, 0.1) is 19.3 Å². The van der Waals surface area contributed by atoms with Crippen molar-refractivity contribution >= 4 is 5.69 Å². The molecule has 3 nitrogen and oxygen atoms in total. The molecule has 0 spiro atoms. The number of methoxy groups -OCH3 is 1. The average molecular weight is 275 g/mol. The highest BCUT2D eigenvalue weighted by molar-refractivity contribution is 5.50. The predicted octanol–water partition coefficient (Wildman–Crippen LogP) is 3.44. The molecule has 2 fully saturated rings. The highest BCUT2D eigenvalue weighted by Crippen LogP contribution is 2.47. The van der Waals surface area contributed by atoms with Crippen molar-refractivity contribution in [3.63, 3.8) is 0 Å². The fourth-order valence-electron chi connectivity index (χ4n) is 3.68. The third kappa shape index (κ3) is 2.93. The first-order valence-corrected chi connectivity index (χ1v) is 7.78. The van der Waals surface area contributed by atoms with Gasteiger partial charge in [-0.3, -0.25) is 0 Å². The molecule has 110 valence electrons. The first-order valence-electron chi connectivity index (χ1n) is 7.78. The maximum Gasteiger partial charge on any atom is 0.120 e. The quantitative estimate of drug-likeness (QED) is 0.865. The van der Waals surface area contributed by atoms with Crippen LogP contribution in [0.3, 0.4) is 0 Å². The molecule has 0 heterocycles. The lowest BCUT2D eigenvalue weighted by Gasteiger charge is -2.41. The Morgan fingerprint density at radius 1 is 1.30 bits per heavy atom. The van der Waals surface area contributed by atoms with Crippen LogP contribution in [0.4, 0.5) is 5.69 Å². The van der Waals surface area contributed by atoms with Crippen LogP contribution in [0.2, 0.25) is 0 Å². The lowest BCUT2D eigenvalue weighted by atomic mass is 9.74. The lowest BCUT2D eigenvalue weighted by Crippen LogP contribution is -2.46. The second-order valence-electron chi connectivity index (χ2n) is 6.49. The van der Waals surface area contributed by atoms with E-state index >= 15 is 0 Å². The Morgan fingerprint density at radius 2 is 2.15 bits per heavy atom. The summed E-state index contributed by atoms with van der Waals surface area (Å²) < 4.78 is 5.28. The van der Waals surface area contributed by atoms with Crippen molar-refractivity contribution in [1.29, 1.82) is 0 Å². The molecule has 0 amide bonds. The summed E-state index contributed by atoms with van der Waals surface area (Å²) in [7, 11) is 1.69. The van der Waals surface area contributed by atoms with Gasteiger partial charge in [-0.05, 0) is 49.7 Å². The molecule has 3 heteroatoms. The molecule has 0 saturated heterocycles. The minimum atomic E-state index is -0.141. The van der Waals surface area contributed by atoms with Gasteiger partial charge in [0.25, 0.3) is 0 Å². The number of aliphatic hydroxyl groups excluding tert-OH is 1. The van der Waals surface area contributed by atoms with Crippen molar-refractivity contribution in [2.24, 2.45) is 11.8 Å². The fraction of sp³-hybridized carbons (Fsp3) is 0.647. The summed E-state index contributed by atoms with van der Waals surface area (Å²) in [4.78, 5) is 0. The molecule has 2 aliphatic rings. The summed E-state index contributed by atoms with van der Waals surface area (Å²) >= 11 is 0. The number of ether oxygens (including phenoxy) is 1. The largest absolute Gasteiger partial charge is 0.497 e. The van der Waals surface area contributed by atoms with Crippen LogP contribution < -0.4 is 10.1 Å². The minimum Gasteiger partial charge on any atom is -0.497 e. The topological polar surface area (TPSA) is 41.5 Å².